The Morgan fingerprint density at radius 1 is 1.53 bits per heavy atom. The molecule has 84 valence electrons. The van der Waals surface area contributed by atoms with E-state index in [4.69, 9.17) is 5.11 Å². The third-order valence-electron chi connectivity index (χ3n) is 2.30. The molecule has 1 aromatic heterocycles. The molecule has 0 bridgehead atoms. The summed E-state index contributed by atoms with van der Waals surface area (Å²) in [5.41, 5.74) is 2.29. The average Bonchev–Trinajstić information content (AvgIpc) is 2.48. The minimum atomic E-state index is -0.779. The molecular formula is C12H18O2S. The number of carboxylic acids is 1. The average molecular weight is 226 g/mol. The lowest BCUT2D eigenvalue weighted by molar-refractivity contribution is 0.0701. The summed E-state index contributed by atoms with van der Waals surface area (Å²) in [5.74, 6) is -0.199. The van der Waals surface area contributed by atoms with Gasteiger partial charge in [-0.1, -0.05) is 27.2 Å². The smallest absolute Gasteiger partial charge is 0.346 e. The molecule has 0 fully saturated rings. The second-order valence-electron chi connectivity index (χ2n) is 4.22. The third-order valence-corrected chi connectivity index (χ3v) is 3.36. The SMILES string of the molecule is CCCc1c(CC(C)C)csc1C(=O)O. The zero-order valence-corrected chi connectivity index (χ0v) is 10.4. The molecule has 0 spiro atoms. The van der Waals surface area contributed by atoms with E-state index in [1.807, 2.05) is 5.38 Å². The highest BCUT2D eigenvalue weighted by molar-refractivity contribution is 7.12. The standard InChI is InChI=1S/C12H18O2S/c1-4-5-10-9(6-8(2)3)7-15-11(10)12(13)14/h7-8H,4-6H2,1-3H3,(H,13,14). The van der Waals surface area contributed by atoms with E-state index in [9.17, 15) is 4.79 Å². The number of rotatable bonds is 5. The molecule has 0 atom stereocenters. The Bertz CT molecular complexity index is 339. The Morgan fingerprint density at radius 2 is 2.20 bits per heavy atom. The number of aromatic carboxylic acids is 1. The highest BCUT2D eigenvalue weighted by Crippen LogP contribution is 2.26. The van der Waals surface area contributed by atoms with Crippen molar-refractivity contribution in [3.05, 3.63) is 21.4 Å². The Kier molecular flexibility index (Phi) is 4.33. The fraction of sp³-hybridized carbons (Fsp3) is 0.583. The van der Waals surface area contributed by atoms with Gasteiger partial charge in [-0.15, -0.1) is 11.3 Å². The van der Waals surface area contributed by atoms with Crippen LogP contribution in [0.5, 0.6) is 0 Å². The van der Waals surface area contributed by atoms with Crippen LogP contribution in [0.1, 0.15) is 48.0 Å². The maximum atomic E-state index is 11.0. The van der Waals surface area contributed by atoms with Crippen molar-refractivity contribution in [2.45, 2.75) is 40.0 Å². The number of hydrogen-bond acceptors (Lipinski definition) is 2. The zero-order chi connectivity index (χ0) is 11.4. The van der Waals surface area contributed by atoms with Crippen molar-refractivity contribution in [3.8, 4) is 0 Å². The van der Waals surface area contributed by atoms with Gasteiger partial charge in [0.25, 0.3) is 0 Å². The van der Waals surface area contributed by atoms with Crippen LogP contribution >= 0.6 is 11.3 Å². The second kappa shape index (κ2) is 5.31. The van der Waals surface area contributed by atoms with E-state index in [1.54, 1.807) is 0 Å². The van der Waals surface area contributed by atoms with Gasteiger partial charge in [0.15, 0.2) is 0 Å². The number of thiophene rings is 1. The van der Waals surface area contributed by atoms with E-state index in [2.05, 4.69) is 20.8 Å². The van der Waals surface area contributed by atoms with Crippen molar-refractivity contribution in [1.29, 1.82) is 0 Å². The first-order valence-electron chi connectivity index (χ1n) is 5.38. The molecule has 1 heterocycles. The maximum Gasteiger partial charge on any atom is 0.346 e. The molecule has 3 heteroatoms. The molecule has 1 rings (SSSR count). The summed E-state index contributed by atoms with van der Waals surface area (Å²) in [6.45, 7) is 6.41. The first-order chi connectivity index (χ1) is 7.06. The van der Waals surface area contributed by atoms with Gasteiger partial charge in [-0.2, -0.15) is 0 Å². The topological polar surface area (TPSA) is 37.3 Å². The highest BCUT2D eigenvalue weighted by atomic mass is 32.1. The Morgan fingerprint density at radius 3 is 2.67 bits per heavy atom. The lowest BCUT2D eigenvalue weighted by atomic mass is 9.98. The van der Waals surface area contributed by atoms with Crippen molar-refractivity contribution >= 4 is 17.3 Å². The molecule has 0 aliphatic heterocycles. The van der Waals surface area contributed by atoms with Gasteiger partial charge in [-0.05, 0) is 35.3 Å². The molecule has 0 aromatic carbocycles. The molecular weight excluding hydrogens is 208 g/mol. The first-order valence-corrected chi connectivity index (χ1v) is 6.26. The van der Waals surface area contributed by atoms with Gasteiger partial charge in [0.2, 0.25) is 0 Å². The molecule has 15 heavy (non-hydrogen) atoms. The van der Waals surface area contributed by atoms with Gasteiger partial charge >= 0.3 is 5.97 Å². The summed E-state index contributed by atoms with van der Waals surface area (Å²) in [7, 11) is 0. The quantitative estimate of drug-likeness (QED) is 0.833. The minimum Gasteiger partial charge on any atom is -0.477 e. The van der Waals surface area contributed by atoms with Crippen molar-refractivity contribution in [1.82, 2.24) is 0 Å². The predicted molar refractivity (Wildman–Crippen MR) is 63.8 cm³/mol. The fourth-order valence-electron chi connectivity index (χ4n) is 1.73. The van der Waals surface area contributed by atoms with Gasteiger partial charge < -0.3 is 5.11 Å². The van der Waals surface area contributed by atoms with Crippen LogP contribution in [0.25, 0.3) is 0 Å². The monoisotopic (exact) mass is 226 g/mol. The molecule has 1 N–H and O–H groups in total. The molecule has 0 aliphatic carbocycles. The number of hydrogen-bond donors (Lipinski definition) is 1. The lowest BCUT2D eigenvalue weighted by Crippen LogP contribution is -2.02. The Hall–Kier alpha value is -0.830. The molecule has 0 saturated heterocycles. The van der Waals surface area contributed by atoms with Crippen LogP contribution in [0.3, 0.4) is 0 Å². The van der Waals surface area contributed by atoms with E-state index in [0.29, 0.717) is 10.8 Å². The van der Waals surface area contributed by atoms with Crippen LogP contribution < -0.4 is 0 Å². The van der Waals surface area contributed by atoms with Crippen LogP contribution in [0.15, 0.2) is 5.38 Å². The molecule has 1 aromatic rings. The van der Waals surface area contributed by atoms with Crippen LogP contribution in [0, 0.1) is 5.92 Å². The number of carbonyl (C=O) groups is 1. The van der Waals surface area contributed by atoms with Gasteiger partial charge in [0.05, 0.1) is 0 Å². The van der Waals surface area contributed by atoms with E-state index < -0.39 is 5.97 Å². The van der Waals surface area contributed by atoms with Crippen LogP contribution in [-0.4, -0.2) is 11.1 Å². The molecule has 0 saturated carbocycles. The zero-order valence-electron chi connectivity index (χ0n) is 9.54. The molecule has 0 aliphatic rings. The summed E-state index contributed by atoms with van der Waals surface area (Å²) in [5, 5.41) is 11.1. The van der Waals surface area contributed by atoms with E-state index in [1.165, 1.54) is 16.9 Å². The van der Waals surface area contributed by atoms with Crippen molar-refractivity contribution < 1.29 is 9.90 Å². The van der Waals surface area contributed by atoms with Crippen molar-refractivity contribution in [3.63, 3.8) is 0 Å². The predicted octanol–water partition coefficient (Wildman–Crippen LogP) is 3.60. The fourth-order valence-corrected chi connectivity index (χ4v) is 2.71. The molecule has 0 unspecified atom stereocenters. The van der Waals surface area contributed by atoms with Crippen molar-refractivity contribution in [2.75, 3.05) is 0 Å². The normalized spacial score (nSPS) is 10.9. The largest absolute Gasteiger partial charge is 0.477 e. The summed E-state index contributed by atoms with van der Waals surface area (Å²) >= 11 is 1.37. The van der Waals surface area contributed by atoms with Gasteiger partial charge in [-0.3, -0.25) is 0 Å². The summed E-state index contributed by atoms with van der Waals surface area (Å²) in [6, 6.07) is 0. The summed E-state index contributed by atoms with van der Waals surface area (Å²) in [6.07, 6.45) is 2.87. The molecule has 0 amide bonds. The van der Waals surface area contributed by atoms with Crippen LogP contribution in [-0.2, 0) is 12.8 Å². The van der Waals surface area contributed by atoms with Gasteiger partial charge in [0.1, 0.15) is 4.88 Å². The van der Waals surface area contributed by atoms with E-state index in [-0.39, 0.29) is 0 Å². The summed E-state index contributed by atoms with van der Waals surface area (Å²) in [4.78, 5) is 11.5. The third kappa shape index (κ3) is 3.06. The second-order valence-corrected chi connectivity index (χ2v) is 5.10. The Balaban J connectivity index is 3.00. The first kappa shape index (κ1) is 12.2. The Labute approximate surface area is 94.9 Å². The van der Waals surface area contributed by atoms with Gasteiger partial charge in [-0.25, -0.2) is 4.79 Å². The van der Waals surface area contributed by atoms with Crippen molar-refractivity contribution in [2.24, 2.45) is 5.92 Å². The van der Waals surface area contributed by atoms with Crippen LogP contribution in [0.4, 0.5) is 0 Å². The van der Waals surface area contributed by atoms with Gasteiger partial charge in [0, 0.05) is 0 Å². The number of carboxylic acid groups (broad SMARTS) is 1. The van der Waals surface area contributed by atoms with E-state index >= 15 is 0 Å². The minimum absolute atomic E-state index is 0.535. The van der Waals surface area contributed by atoms with Crippen LogP contribution in [0.2, 0.25) is 0 Å². The summed E-state index contributed by atoms with van der Waals surface area (Å²) < 4.78 is 0. The lowest BCUT2D eigenvalue weighted by Gasteiger charge is -2.06. The highest BCUT2D eigenvalue weighted by Gasteiger charge is 2.16. The molecule has 2 nitrogen and oxygen atoms in total. The van der Waals surface area contributed by atoms with E-state index in [0.717, 1.165) is 24.8 Å². The maximum absolute atomic E-state index is 11.0. The molecule has 0 radical (unpaired) electrons.